The fourth-order valence-corrected chi connectivity index (χ4v) is 1.97. The van der Waals surface area contributed by atoms with Crippen molar-refractivity contribution in [2.75, 3.05) is 11.5 Å². The molecule has 2 aromatic carbocycles. The Kier molecular flexibility index (Phi) is 3.38. The van der Waals surface area contributed by atoms with E-state index in [0.29, 0.717) is 11.4 Å². The Hall–Kier alpha value is -2.22. The lowest BCUT2D eigenvalue weighted by molar-refractivity contribution is 1.28. The van der Waals surface area contributed by atoms with Crippen LogP contribution < -0.4 is 11.5 Å². The molecular weight excluding hydrogens is 220 g/mol. The van der Waals surface area contributed by atoms with Crippen molar-refractivity contribution in [2.45, 2.75) is 13.3 Å². The topological polar surface area (TPSA) is 52.0 Å². The van der Waals surface area contributed by atoms with Crippen LogP contribution in [-0.2, 0) is 6.42 Å². The molecule has 0 heterocycles. The third-order valence-corrected chi connectivity index (χ3v) is 3.05. The van der Waals surface area contributed by atoms with Gasteiger partial charge in [0.05, 0.1) is 11.4 Å². The average Bonchev–Trinajstić information content (AvgIpc) is 2.36. The van der Waals surface area contributed by atoms with Gasteiger partial charge in [-0.05, 0) is 42.2 Å². The fraction of sp³-hybridized carbons (Fsp3) is 0.125. The fourth-order valence-electron chi connectivity index (χ4n) is 1.97. The maximum atomic E-state index is 5.97. The second-order valence-corrected chi connectivity index (χ2v) is 4.50. The molecule has 0 fully saturated rings. The number of allylic oxidation sites excluding steroid dienone is 1. The molecule has 0 aliphatic heterocycles. The van der Waals surface area contributed by atoms with E-state index in [1.807, 2.05) is 12.1 Å². The zero-order valence-corrected chi connectivity index (χ0v) is 10.6. The number of hydrogen-bond donors (Lipinski definition) is 2. The summed E-state index contributed by atoms with van der Waals surface area (Å²) in [5.74, 6) is 0. The summed E-state index contributed by atoms with van der Waals surface area (Å²) < 4.78 is 0. The summed E-state index contributed by atoms with van der Waals surface area (Å²) in [6.45, 7) is 5.82. The largest absolute Gasteiger partial charge is 0.397 e. The first-order valence-corrected chi connectivity index (χ1v) is 5.97. The number of benzene rings is 2. The van der Waals surface area contributed by atoms with E-state index < -0.39 is 0 Å². The third kappa shape index (κ3) is 2.38. The zero-order valence-electron chi connectivity index (χ0n) is 10.6. The van der Waals surface area contributed by atoms with Crippen LogP contribution in [0.2, 0.25) is 0 Å². The van der Waals surface area contributed by atoms with Gasteiger partial charge in [0.15, 0.2) is 0 Å². The minimum atomic E-state index is 0.630. The molecule has 92 valence electrons. The van der Waals surface area contributed by atoms with Crippen molar-refractivity contribution in [1.29, 1.82) is 0 Å². The van der Waals surface area contributed by atoms with Gasteiger partial charge in [0.1, 0.15) is 0 Å². The quantitative estimate of drug-likeness (QED) is 0.634. The molecule has 0 unspecified atom stereocenters. The van der Waals surface area contributed by atoms with Crippen LogP contribution in [0.1, 0.15) is 11.1 Å². The highest BCUT2D eigenvalue weighted by Crippen LogP contribution is 2.29. The molecule has 0 radical (unpaired) electrons. The molecule has 0 saturated heterocycles. The molecule has 2 aromatic rings. The molecule has 0 aliphatic carbocycles. The van der Waals surface area contributed by atoms with Gasteiger partial charge in [-0.3, -0.25) is 0 Å². The van der Waals surface area contributed by atoms with E-state index in [9.17, 15) is 0 Å². The molecule has 0 spiro atoms. The van der Waals surface area contributed by atoms with Crippen LogP contribution in [0.5, 0.6) is 0 Å². The molecule has 0 saturated carbocycles. The van der Waals surface area contributed by atoms with E-state index >= 15 is 0 Å². The number of aryl methyl sites for hydroxylation is 1. The Morgan fingerprint density at radius 2 is 1.72 bits per heavy atom. The number of nitrogen functional groups attached to an aromatic ring is 2. The molecule has 18 heavy (non-hydrogen) atoms. The van der Waals surface area contributed by atoms with Gasteiger partial charge >= 0.3 is 0 Å². The van der Waals surface area contributed by atoms with Crippen molar-refractivity contribution in [1.82, 2.24) is 0 Å². The van der Waals surface area contributed by atoms with Gasteiger partial charge in [0.25, 0.3) is 0 Å². The normalized spacial score (nSPS) is 10.3. The van der Waals surface area contributed by atoms with E-state index in [4.69, 9.17) is 11.5 Å². The highest BCUT2D eigenvalue weighted by molar-refractivity contribution is 5.77. The predicted octanol–water partition coefficient (Wildman–Crippen LogP) is 3.55. The highest BCUT2D eigenvalue weighted by Gasteiger charge is 2.06. The SMILES string of the molecule is C=CCc1cc(-c2ccc(C)cc2)cc(N)c1N. The Labute approximate surface area is 108 Å². The van der Waals surface area contributed by atoms with E-state index in [2.05, 4.69) is 43.8 Å². The van der Waals surface area contributed by atoms with Crippen LogP contribution in [-0.4, -0.2) is 0 Å². The molecule has 4 N–H and O–H groups in total. The van der Waals surface area contributed by atoms with Gasteiger partial charge in [-0.15, -0.1) is 6.58 Å². The molecule has 2 rings (SSSR count). The van der Waals surface area contributed by atoms with E-state index in [1.54, 1.807) is 0 Å². The molecule has 2 heteroatoms. The van der Waals surface area contributed by atoms with Crippen molar-refractivity contribution in [3.63, 3.8) is 0 Å². The van der Waals surface area contributed by atoms with Crippen LogP contribution in [0.25, 0.3) is 11.1 Å². The van der Waals surface area contributed by atoms with Crippen LogP contribution in [0.4, 0.5) is 11.4 Å². The smallest absolute Gasteiger partial charge is 0.0583 e. The lowest BCUT2D eigenvalue weighted by Crippen LogP contribution is -2.00. The van der Waals surface area contributed by atoms with Crippen molar-refractivity contribution in [2.24, 2.45) is 0 Å². The minimum absolute atomic E-state index is 0.630. The molecule has 0 atom stereocenters. The van der Waals surface area contributed by atoms with Crippen LogP contribution >= 0.6 is 0 Å². The Morgan fingerprint density at radius 1 is 1.06 bits per heavy atom. The first-order chi connectivity index (χ1) is 8.61. The lowest BCUT2D eigenvalue weighted by Gasteiger charge is -2.11. The van der Waals surface area contributed by atoms with Gasteiger partial charge in [-0.25, -0.2) is 0 Å². The maximum absolute atomic E-state index is 5.97. The van der Waals surface area contributed by atoms with Crippen molar-refractivity contribution < 1.29 is 0 Å². The highest BCUT2D eigenvalue weighted by atomic mass is 14.7. The Morgan fingerprint density at radius 3 is 2.33 bits per heavy atom. The van der Waals surface area contributed by atoms with Crippen LogP contribution in [0.3, 0.4) is 0 Å². The van der Waals surface area contributed by atoms with Gasteiger partial charge in [0, 0.05) is 0 Å². The first-order valence-electron chi connectivity index (χ1n) is 5.97. The summed E-state index contributed by atoms with van der Waals surface area (Å²) in [7, 11) is 0. The first kappa shape index (κ1) is 12.2. The van der Waals surface area contributed by atoms with Gasteiger partial charge in [-0.2, -0.15) is 0 Å². The van der Waals surface area contributed by atoms with Gasteiger partial charge < -0.3 is 11.5 Å². The number of hydrogen-bond acceptors (Lipinski definition) is 2. The summed E-state index contributed by atoms with van der Waals surface area (Å²) in [5, 5.41) is 0. The molecular formula is C16H18N2. The molecule has 0 bridgehead atoms. The summed E-state index contributed by atoms with van der Waals surface area (Å²) in [6, 6.07) is 12.4. The Bertz CT molecular complexity index is 568. The summed E-state index contributed by atoms with van der Waals surface area (Å²) in [5.41, 5.74) is 17.7. The number of rotatable bonds is 3. The van der Waals surface area contributed by atoms with Crippen LogP contribution in [0, 0.1) is 6.92 Å². The average molecular weight is 238 g/mol. The third-order valence-electron chi connectivity index (χ3n) is 3.05. The molecule has 0 aliphatic rings. The van der Waals surface area contributed by atoms with Gasteiger partial charge in [0.2, 0.25) is 0 Å². The summed E-state index contributed by atoms with van der Waals surface area (Å²) in [6.07, 6.45) is 2.57. The second kappa shape index (κ2) is 4.96. The van der Waals surface area contributed by atoms with E-state index in [1.165, 1.54) is 5.56 Å². The van der Waals surface area contributed by atoms with Crippen LogP contribution in [0.15, 0.2) is 49.1 Å². The standard InChI is InChI=1S/C16H18N2/c1-3-4-13-9-14(10-15(17)16(13)18)12-7-5-11(2)6-8-12/h3,5-10H,1,4,17-18H2,2H3. The summed E-state index contributed by atoms with van der Waals surface area (Å²) >= 11 is 0. The van der Waals surface area contributed by atoms with Crippen molar-refractivity contribution >= 4 is 11.4 Å². The van der Waals surface area contributed by atoms with E-state index in [-0.39, 0.29) is 0 Å². The van der Waals surface area contributed by atoms with Gasteiger partial charge in [-0.1, -0.05) is 35.9 Å². The Balaban J connectivity index is 2.51. The molecule has 2 nitrogen and oxygen atoms in total. The second-order valence-electron chi connectivity index (χ2n) is 4.50. The monoisotopic (exact) mass is 238 g/mol. The zero-order chi connectivity index (χ0) is 13.1. The van der Waals surface area contributed by atoms with E-state index in [0.717, 1.165) is 23.1 Å². The van der Waals surface area contributed by atoms with Crippen molar-refractivity contribution in [3.8, 4) is 11.1 Å². The molecule has 0 aromatic heterocycles. The maximum Gasteiger partial charge on any atom is 0.0583 e. The lowest BCUT2D eigenvalue weighted by atomic mass is 9.98. The number of nitrogens with two attached hydrogens (primary N) is 2. The van der Waals surface area contributed by atoms with Crippen molar-refractivity contribution in [3.05, 3.63) is 60.2 Å². The number of anilines is 2. The molecule has 0 amide bonds. The predicted molar refractivity (Wildman–Crippen MR) is 79.3 cm³/mol. The minimum Gasteiger partial charge on any atom is -0.397 e. The summed E-state index contributed by atoms with van der Waals surface area (Å²) in [4.78, 5) is 0.